The molecular weight excluding hydrogens is 256 g/mol. The normalized spacial score (nSPS) is 11.4. The van der Waals surface area contributed by atoms with Gasteiger partial charge in [-0.25, -0.2) is 19.0 Å². The molecule has 0 fully saturated rings. The summed E-state index contributed by atoms with van der Waals surface area (Å²) in [7, 11) is -3.47. The lowest BCUT2D eigenvalue weighted by molar-refractivity contribution is 0.136. The molecule has 0 saturated heterocycles. The zero-order valence-electron chi connectivity index (χ0n) is 10.3. The third kappa shape index (κ3) is 4.61. The van der Waals surface area contributed by atoms with Crippen LogP contribution >= 0.6 is 0 Å². The highest BCUT2D eigenvalue weighted by Crippen LogP contribution is 2.15. The minimum absolute atomic E-state index is 0.208. The Kier molecular flexibility index (Phi) is 6.06. The van der Waals surface area contributed by atoms with Gasteiger partial charge in [0.15, 0.2) is 0 Å². The monoisotopic (exact) mass is 274 g/mol. The van der Waals surface area contributed by atoms with Gasteiger partial charge in [-0.2, -0.15) is 0 Å². The van der Waals surface area contributed by atoms with E-state index in [2.05, 4.69) is 9.56 Å². The van der Waals surface area contributed by atoms with Gasteiger partial charge in [0.1, 0.15) is 5.75 Å². The van der Waals surface area contributed by atoms with Crippen molar-refractivity contribution in [2.45, 2.75) is 18.2 Å². The van der Waals surface area contributed by atoms with E-state index < -0.39 is 10.0 Å². The van der Waals surface area contributed by atoms with Gasteiger partial charge < -0.3 is 9.57 Å². The number of rotatable bonds is 8. The Bertz CT molecular complexity index is 445. The molecule has 0 spiro atoms. The summed E-state index contributed by atoms with van der Waals surface area (Å²) >= 11 is 0. The lowest BCUT2D eigenvalue weighted by Crippen LogP contribution is -2.25. The summed E-state index contributed by atoms with van der Waals surface area (Å²) in [6.07, 6.45) is 0.521. The molecule has 0 atom stereocenters. The summed E-state index contributed by atoms with van der Waals surface area (Å²) in [5.74, 6) is 5.49. The average molecular weight is 274 g/mol. The van der Waals surface area contributed by atoms with E-state index in [0.29, 0.717) is 25.4 Å². The second-order valence-electron chi connectivity index (χ2n) is 3.53. The van der Waals surface area contributed by atoms with Gasteiger partial charge in [-0.05, 0) is 37.6 Å². The molecule has 18 heavy (non-hydrogen) atoms. The van der Waals surface area contributed by atoms with Crippen molar-refractivity contribution in [3.8, 4) is 5.75 Å². The molecule has 0 bridgehead atoms. The fourth-order valence-corrected chi connectivity index (χ4v) is 2.40. The Morgan fingerprint density at radius 1 is 1.28 bits per heavy atom. The van der Waals surface area contributed by atoms with Gasteiger partial charge in [0, 0.05) is 6.54 Å². The minimum Gasteiger partial charge on any atom is -0.494 e. The molecule has 0 aromatic heterocycles. The van der Waals surface area contributed by atoms with Gasteiger partial charge in [0.2, 0.25) is 10.0 Å². The van der Waals surface area contributed by atoms with Crippen molar-refractivity contribution in [2.75, 3.05) is 19.8 Å². The largest absolute Gasteiger partial charge is 0.494 e. The number of sulfonamides is 1. The molecule has 0 aliphatic carbocycles. The summed E-state index contributed by atoms with van der Waals surface area (Å²) < 4.78 is 31.4. The quantitative estimate of drug-likeness (QED) is 0.536. The third-order valence-electron chi connectivity index (χ3n) is 2.18. The lowest BCUT2D eigenvalue weighted by atomic mass is 10.3. The summed E-state index contributed by atoms with van der Waals surface area (Å²) in [6.45, 7) is 3.01. The molecule has 0 amide bonds. The number of benzene rings is 1. The van der Waals surface area contributed by atoms with Crippen LogP contribution in [0, 0.1) is 0 Å². The summed E-state index contributed by atoms with van der Waals surface area (Å²) in [6, 6.07) is 6.27. The van der Waals surface area contributed by atoms with Crippen molar-refractivity contribution in [2.24, 2.45) is 5.90 Å². The fourth-order valence-electron chi connectivity index (χ4n) is 1.33. The van der Waals surface area contributed by atoms with Crippen molar-refractivity contribution >= 4 is 10.0 Å². The SMILES string of the molecule is CCOc1ccc(S(=O)(=O)NCCCON)cc1. The van der Waals surface area contributed by atoms with Gasteiger partial charge in [-0.1, -0.05) is 0 Å². The van der Waals surface area contributed by atoms with Gasteiger partial charge in [0.25, 0.3) is 0 Å². The molecule has 0 saturated carbocycles. The number of nitrogens with two attached hydrogens (primary N) is 1. The first-order valence-electron chi connectivity index (χ1n) is 5.64. The molecule has 0 aliphatic rings. The van der Waals surface area contributed by atoms with Gasteiger partial charge in [0.05, 0.1) is 18.1 Å². The highest BCUT2D eigenvalue weighted by atomic mass is 32.2. The molecule has 0 unspecified atom stereocenters. The van der Waals surface area contributed by atoms with Crippen LogP contribution in [-0.2, 0) is 14.9 Å². The van der Waals surface area contributed by atoms with Crippen molar-refractivity contribution in [3.63, 3.8) is 0 Å². The van der Waals surface area contributed by atoms with E-state index in [0.717, 1.165) is 0 Å². The molecule has 0 heterocycles. The molecule has 3 N–H and O–H groups in total. The Hall–Kier alpha value is -1.15. The zero-order chi connectivity index (χ0) is 13.4. The van der Waals surface area contributed by atoms with Crippen LogP contribution in [0.15, 0.2) is 29.2 Å². The standard InChI is InChI=1S/C11H18N2O4S/c1-2-16-10-4-6-11(7-5-10)18(14,15)13-8-3-9-17-12/h4-7,13H,2-3,8-9,12H2,1H3. The smallest absolute Gasteiger partial charge is 0.240 e. The first-order chi connectivity index (χ1) is 8.60. The summed E-state index contributed by atoms with van der Waals surface area (Å²) in [5.41, 5.74) is 0. The molecule has 102 valence electrons. The van der Waals surface area contributed by atoms with Crippen LogP contribution in [-0.4, -0.2) is 28.2 Å². The Morgan fingerprint density at radius 3 is 2.50 bits per heavy atom. The minimum atomic E-state index is -3.47. The van der Waals surface area contributed by atoms with Crippen LogP contribution in [0.3, 0.4) is 0 Å². The molecule has 7 heteroatoms. The van der Waals surface area contributed by atoms with Gasteiger partial charge in [-0.15, -0.1) is 0 Å². The number of hydrogen-bond donors (Lipinski definition) is 2. The summed E-state index contributed by atoms with van der Waals surface area (Å²) in [5, 5.41) is 0. The average Bonchev–Trinajstić information content (AvgIpc) is 2.36. The number of ether oxygens (including phenoxy) is 1. The molecule has 6 nitrogen and oxygen atoms in total. The van der Waals surface area contributed by atoms with Crippen LogP contribution < -0.4 is 15.4 Å². The van der Waals surface area contributed by atoms with Crippen LogP contribution in [0.2, 0.25) is 0 Å². The van der Waals surface area contributed by atoms with Crippen molar-refractivity contribution in [3.05, 3.63) is 24.3 Å². The molecule has 0 radical (unpaired) electrons. The molecular formula is C11H18N2O4S. The Morgan fingerprint density at radius 2 is 1.94 bits per heavy atom. The van der Waals surface area contributed by atoms with Crippen LogP contribution in [0.4, 0.5) is 0 Å². The highest BCUT2D eigenvalue weighted by Gasteiger charge is 2.12. The first-order valence-corrected chi connectivity index (χ1v) is 7.12. The first kappa shape index (κ1) is 14.9. The molecule has 1 aromatic rings. The molecule has 0 aliphatic heterocycles. The van der Waals surface area contributed by atoms with Crippen molar-refractivity contribution in [1.29, 1.82) is 0 Å². The van der Waals surface area contributed by atoms with Crippen LogP contribution in [0.1, 0.15) is 13.3 Å². The Balaban J connectivity index is 2.61. The van der Waals surface area contributed by atoms with Crippen molar-refractivity contribution < 1.29 is 18.0 Å². The molecule has 1 aromatic carbocycles. The Labute approximate surface area is 107 Å². The van der Waals surface area contributed by atoms with Gasteiger partial charge >= 0.3 is 0 Å². The second kappa shape index (κ2) is 7.32. The number of nitrogens with one attached hydrogen (secondary N) is 1. The van der Waals surface area contributed by atoms with Gasteiger partial charge in [-0.3, -0.25) is 0 Å². The predicted molar refractivity (Wildman–Crippen MR) is 67.6 cm³/mol. The number of hydrogen-bond acceptors (Lipinski definition) is 5. The second-order valence-corrected chi connectivity index (χ2v) is 5.29. The topological polar surface area (TPSA) is 90.7 Å². The predicted octanol–water partition coefficient (Wildman–Crippen LogP) is 0.644. The van der Waals surface area contributed by atoms with Crippen molar-refractivity contribution in [1.82, 2.24) is 4.72 Å². The van der Waals surface area contributed by atoms with E-state index in [-0.39, 0.29) is 11.4 Å². The van der Waals surface area contributed by atoms with E-state index in [9.17, 15) is 8.42 Å². The maximum atomic E-state index is 11.8. The third-order valence-corrected chi connectivity index (χ3v) is 3.65. The van der Waals surface area contributed by atoms with Crippen LogP contribution in [0.25, 0.3) is 0 Å². The van der Waals surface area contributed by atoms with E-state index in [1.807, 2.05) is 6.92 Å². The fraction of sp³-hybridized carbons (Fsp3) is 0.455. The van der Waals surface area contributed by atoms with E-state index in [1.54, 1.807) is 12.1 Å². The lowest BCUT2D eigenvalue weighted by Gasteiger charge is -2.07. The molecule has 1 rings (SSSR count). The van der Waals surface area contributed by atoms with E-state index in [4.69, 9.17) is 10.6 Å². The van der Waals surface area contributed by atoms with Crippen LogP contribution in [0.5, 0.6) is 5.75 Å². The summed E-state index contributed by atoms with van der Waals surface area (Å²) in [4.78, 5) is 4.56. The van der Waals surface area contributed by atoms with E-state index >= 15 is 0 Å². The maximum absolute atomic E-state index is 11.8. The highest BCUT2D eigenvalue weighted by molar-refractivity contribution is 7.89. The maximum Gasteiger partial charge on any atom is 0.240 e. The van der Waals surface area contributed by atoms with E-state index in [1.165, 1.54) is 12.1 Å². The zero-order valence-corrected chi connectivity index (χ0v) is 11.1.